The van der Waals surface area contributed by atoms with Crippen LogP contribution in [0.15, 0.2) is 0 Å². The minimum atomic E-state index is 1.37. The maximum Gasteiger partial charge on any atom is 0.0768 e. The maximum absolute atomic E-state index is 2.39. The first-order valence-corrected chi connectivity index (χ1v) is 10.6. The molecule has 0 atom stereocenters. The molecule has 0 aliphatic carbocycles. The zero-order valence-corrected chi connectivity index (χ0v) is 16.2. The molecular formula is C21H46N+. The van der Waals surface area contributed by atoms with Gasteiger partial charge >= 0.3 is 0 Å². The van der Waals surface area contributed by atoms with Gasteiger partial charge in [0.25, 0.3) is 0 Å². The molecule has 0 bridgehead atoms. The summed E-state index contributed by atoms with van der Waals surface area (Å²) >= 11 is 0. The Labute approximate surface area is 142 Å². The highest BCUT2D eigenvalue weighted by Crippen LogP contribution is 2.08. The van der Waals surface area contributed by atoms with Crippen molar-refractivity contribution >= 4 is 0 Å². The molecule has 0 spiro atoms. The van der Waals surface area contributed by atoms with Crippen LogP contribution in [0.25, 0.3) is 0 Å². The Balaban J connectivity index is 3.11. The van der Waals surface area contributed by atoms with Gasteiger partial charge in [0.2, 0.25) is 0 Å². The van der Waals surface area contributed by atoms with Crippen LogP contribution in [0.2, 0.25) is 0 Å². The molecule has 134 valence electrons. The fraction of sp³-hybridized carbons (Fsp3) is 1.00. The fourth-order valence-corrected chi connectivity index (χ4v) is 3.25. The van der Waals surface area contributed by atoms with E-state index < -0.39 is 0 Å². The Kier molecular flexibility index (Phi) is 19.0. The molecule has 0 aromatic carbocycles. The molecule has 22 heavy (non-hydrogen) atoms. The van der Waals surface area contributed by atoms with Gasteiger partial charge in [0, 0.05) is 0 Å². The van der Waals surface area contributed by atoms with Crippen LogP contribution in [-0.2, 0) is 0 Å². The number of nitrogens with one attached hydrogen (secondary N) is 1. The average molecular weight is 313 g/mol. The summed E-state index contributed by atoms with van der Waals surface area (Å²) in [5, 5.41) is 0. The van der Waals surface area contributed by atoms with E-state index in [2.05, 4.69) is 20.9 Å². The van der Waals surface area contributed by atoms with E-state index in [4.69, 9.17) is 0 Å². The zero-order chi connectivity index (χ0) is 16.3. The lowest BCUT2D eigenvalue weighted by Gasteiger charge is -2.13. The first kappa shape index (κ1) is 22.0. The predicted molar refractivity (Wildman–Crippen MR) is 102 cm³/mol. The van der Waals surface area contributed by atoms with E-state index in [0.717, 1.165) is 0 Å². The van der Waals surface area contributed by atoms with Crippen molar-refractivity contribution in [3.05, 3.63) is 0 Å². The molecule has 0 heterocycles. The molecule has 0 saturated heterocycles. The number of unbranched alkanes of at least 4 members (excludes halogenated alkanes) is 14. The first-order chi connectivity index (χ1) is 10.8. The van der Waals surface area contributed by atoms with E-state index >= 15 is 0 Å². The molecule has 0 aliphatic heterocycles. The van der Waals surface area contributed by atoms with Gasteiger partial charge in [0.15, 0.2) is 0 Å². The molecule has 0 unspecified atom stereocenters. The third kappa shape index (κ3) is 18.0. The van der Waals surface area contributed by atoms with Crippen molar-refractivity contribution in [1.29, 1.82) is 0 Å². The van der Waals surface area contributed by atoms with E-state index in [1.54, 1.807) is 4.90 Å². The second-order valence-electron chi connectivity index (χ2n) is 7.41. The maximum atomic E-state index is 2.39. The molecule has 1 nitrogen and oxygen atoms in total. The third-order valence-electron chi connectivity index (χ3n) is 4.91. The van der Waals surface area contributed by atoms with Gasteiger partial charge in [-0.3, -0.25) is 0 Å². The van der Waals surface area contributed by atoms with Crippen LogP contribution < -0.4 is 4.90 Å². The summed E-state index contributed by atoms with van der Waals surface area (Å²) in [7, 11) is 2.39. The molecule has 0 aromatic heterocycles. The molecule has 1 N–H and O–H groups in total. The molecule has 0 fully saturated rings. The highest BCUT2D eigenvalue weighted by Gasteiger charge is 2.01. The average Bonchev–Trinajstić information content (AvgIpc) is 2.52. The SMILES string of the molecule is CCCCCCCCCC[NH+](C)CCCCCCCCCC. The summed E-state index contributed by atoms with van der Waals surface area (Å²) in [4.78, 5) is 1.76. The Hall–Kier alpha value is -0.0400. The Morgan fingerprint density at radius 1 is 0.409 bits per heavy atom. The molecular weight excluding hydrogens is 266 g/mol. The lowest BCUT2D eigenvalue weighted by molar-refractivity contribution is -0.880. The van der Waals surface area contributed by atoms with E-state index in [1.165, 1.54) is 116 Å². The third-order valence-corrected chi connectivity index (χ3v) is 4.91. The predicted octanol–water partition coefficient (Wildman–Crippen LogP) is 5.78. The summed E-state index contributed by atoms with van der Waals surface area (Å²) < 4.78 is 0. The standard InChI is InChI=1S/C21H45N/c1-4-6-8-10-12-14-16-18-20-22(3)21-19-17-15-13-11-9-7-5-2/h4-21H2,1-3H3/p+1. The summed E-state index contributed by atoms with van der Waals surface area (Å²) in [6.07, 6.45) is 23.1. The number of hydrogen-bond donors (Lipinski definition) is 1. The van der Waals surface area contributed by atoms with Crippen LogP contribution in [0.3, 0.4) is 0 Å². The summed E-state index contributed by atoms with van der Waals surface area (Å²) in [6.45, 7) is 7.38. The minimum Gasteiger partial charge on any atom is -0.337 e. The van der Waals surface area contributed by atoms with Gasteiger partial charge in [-0.05, 0) is 25.7 Å². The van der Waals surface area contributed by atoms with Gasteiger partial charge in [-0.15, -0.1) is 0 Å². The van der Waals surface area contributed by atoms with Gasteiger partial charge in [-0.2, -0.15) is 0 Å². The molecule has 0 aliphatic rings. The van der Waals surface area contributed by atoms with Gasteiger partial charge < -0.3 is 4.90 Å². The van der Waals surface area contributed by atoms with Crippen molar-refractivity contribution in [3.63, 3.8) is 0 Å². The molecule has 0 saturated carbocycles. The van der Waals surface area contributed by atoms with Crippen LogP contribution >= 0.6 is 0 Å². The summed E-state index contributed by atoms with van der Waals surface area (Å²) in [5.41, 5.74) is 0. The van der Waals surface area contributed by atoms with Crippen LogP contribution in [0.4, 0.5) is 0 Å². The minimum absolute atomic E-state index is 1.37. The molecule has 0 aromatic rings. The van der Waals surface area contributed by atoms with Crippen molar-refractivity contribution in [2.45, 2.75) is 117 Å². The normalized spacial score (nSPS) is 11.5. The van der Waals surface area contributed by atoms with Crippen LogP contribution in [-0.4, -0.2) is 20.1 Å². The second kappa shape index (κ2) is 19.0. The fourth-order valence-electron chi connectivity index (χ4n) is 3.25. The largest absolute Gasteiger partial charge is 0.337 e. The van der Waals surface area contributed by atoms with Crippen LogP contribution in [0.1, 0.15) is 117 Å². The number of hydrogen-bond acceptors (Lipinski definition) is 0. The highest BCUT2D eigenvalue weighted by atomic mass is 15.1. The van der Waals surface area contributed by atoms with E-state index in [0.29, 0.717) is 0 Å². The first-order valence-electron chi connectivity index (χ1n) is 10.6. The van der Waals surface area contributed by atoms with E-state index in [1.807, 2.05) is 0 Å². The topological polar surface area (TPSA) is 4.44 Å². The molecule has 0 amide bonds. The van der Waals surface area contributed by atoms with Gasteiger partial charge in [0.1, 0.15) is 0 Å². The Morgan fingerprint density at radius 2 is 0.682 bits per heavy atom. The van der Waals surface area contributed by atoms with Crippen molar-refractivity contribution in [3.8, 4) is 0 Å². The second-order valence-corrected chi connectivity index (χ2v) is 7.41. The smallest absolute Gasteiger partial charge is 0.0768 e. The monoisotopic (exact) mass is 312 g/mol. The number of rotatable bonds is 18. The van der Waals surface area contributed by atoms with Crippen molar-refractivity contribution in [2.24, 2.45) is 0 Å². The van der Waals surface area contributed by atoms with Crippen molar-refractivity contribution in [1.82, 2.24) is 0 Å². The number of quaternary nitrogens is 1. The van der Waals surface area contributed by atoms with Crippen molar-refractivity contribution < 1.29 is 4.90 Å². The molecule has 1 heteroatoms. The van der Waals surface area contributed by atoms with Crippen LogP contribution in [0, 0.1) is 0 Å². The molecule has 0 rings (SSSR count). The zero-order valence-electron chi connectivity index (χ0n) is 16.2. The van der Waals surface area contributed by atoms with Crippen molar-refractivity contribution in [2.75, 3.05) is 20.1 Å². The van der Waals surface area contributed by atoms with Crippen LogP contribution in [0.5, 0.6) is 0 Å². The van der Waals surface area contributed by atoms with Gasteiger partial charge in [0.05, 0.1) is 20.1 Å². The van der Waals surface area contributed by atoms with Gasteiger partial charge in [-0.1, -0.05) is 90.9 Å². The Morgan fingerprint density at radius 3 is 1.00 bits per heavy atom. The van der Waals surface area contributed by atoms with Gasteiger partial charge in [-0.25, -0.2) is 0 Å². The highest BCUT2D eigenvalue weighted by molar-refractivity contribution is 4.47. The quantitative estimate of drug-likeness (QED) is 0.306. The Bertz CT molecular complexity index is 170. The molecule has 0 radical (unpaired) electrons. The summed E-state index contributed by atoms with van der Waals surface area (Å²) in [5.74, 6) is 0. The van der Waals surface area contributed by atoms with E-state index in [9.17, 15) is 0 Å². The van der Waals surface area contributed by atoms with E-state index in [-0.39, 0.29) is 0 Å². The lowest BCUT2D eigenvalue weighted by atomic mass is 10.1. The summed E-state index contributed by atoms with van der Waals surface area (Å²) in [6, 6.07) is 0. The lowest BCUT2D eigenvalue weighted by Crippen LogP contribution is -3.09.